The van der Waals surface area contributed by atoms with Gasteiger partial charge in [-0.15, -0.1) is 0 Å². The molecule has 0 saturated heterocycles. The number of hydrogen-bond acceptors (Lipinski definition) is 8. The van der Waals surface area contributed by atoms with Gasteiger partial charge < -0.3 is 9.47 Å². The molecule has 0 aliphatic rings. The molecule has 10 nitrogen and oxygen atoms in total. The minimum absolute atomic E-state index is 0.234. The van der Waals surface area contributed by atoms with E-state index < -0.39 is 23.1 Å². The van der Waals surface area contributed by atoms with Gasteiger partial charge in [0.1, 0.15) is 17.8 Å². The fourth-order valence-electron chi connectivity index (χ4n) is 2.19. The lowest BCUT2D eigenvalue weighted by atomic mass is 10.3. The smallest absolute Gasteiger partial charge is 0.374 e. The molecule has 2 aromatic carbocycles. The van der Waals surface area contributed by atoms with Gasteiger partial charge in [0.25, 0.3) is 5.91 Å². The number of hydrazine groups is 1. The van der Waals surface area contributed by atoms with Crippen LogP contribution in [0, 0.1) is 10.1 Å². The molecule has 0 aliphatic carbocycles. The standard InChI is InChI=1S/C18H13Cl2N5O5/c19-11-6-7-14(13(20)8-11)29-9-15(26)23-24-17-16(25(27)28)18(22-10-21-17)30-12-4-2-1-3-5-12/h1-8,10H,9H2,(H,23,26)(H,21,22,24). The Morgan fingerprint density at radius 3 is 2.60 bits per heavy atom. The summed E-state index contributed by atoms with van der Waals surface area (Å²) in [6.45, 7) is -0.416. The van der Waals surface area contributed by atoms with Crippen molar-refractivity contribution in [2.45, 2.75) is 0 Å². The molecule has 0 unspecified atom stereocenters. The number of benzene rings is 2. The van der Waals surface area contributed by atoms with E-state index in [4.69, 9.17) is 32.7 Å². The van der Waals surface area contributed by atoms with Gasteiger partial charge in [-0.3, -0.25) is 25.8 Å². The molecule has 0 fully saturated rings. The summed E-state index contributed by atoms with van der Waals surface area (Å²) in [6, 6.07) is 12.9. The minimum Gasteiger partial charge on any atom is -0.482 e. The van der Waals surface area contributed by atoms with Crippen LogP contribution in [0.25, 0.3) is 0 Å². The highest BCUT2D eigenvalue weighted by Gasteiger charge is 2.25. The van der Waals surface area contributed by atoms with Gasteiger partial charge in [-0.05, 0) is 30.3 Å². The lowest BCUT2D eigenvalue weighted by molar-refractivity contribution is -0.385. The fourth-order valence-corrected chi connectivity index (χ4v) is 2.66. The molecule has 0 spiro atoms. The Morgan fingerprint density at radius 1 is 1.13 bits per heavy atom. The van der Waals surface area contributed by atoms with Gasteiger partial charge in [0, 0.05) is 5.02 Å². The largest absolute Gasteiger partial charge is 0.482 e. The number of carbonyl (C=O) groups excluding carboxylic acids is 1. The Labute approximate surface area is 179 Å². The third-order valence-electron chi connectivity index (χ3n) is 3.50. The number of carbonyl (C=O) groups is 1. The topological polar surface area (TPSA) is 129 Å². The van der Waals surface area contributed by atoms with E-state index in [1.165, 1.54) is 12.1 Å². The highest BCUT2D eigenvalue weighted by molar-refractivity contribution is 6.35. The van der Waals surface area contributed by atoms with E-state index in [0.29, 0.717) is 10.8 Å². The van der Waals surface area contributed by atoms with Gasteiger partial charge in [0.05, 0.1) is 9.95 Å². The Morgan fingerprint density at radius 2 is 1.90 bits per heavy atom. The van der Waals surface area contributed by atoms with Gasteiger partial charge in [-0.25, -0.2) is 4.98 Å². The number of aromatic nitrogens is 2. The normalized spacial score (nSPS) is 10.2. The molecule has 1 aromatic heterocycles. The summed E-state index contributed by atoms with van der Waals surface area (Å²) in [7, 11) is 0. The van der Waals surface area contributed by atoms with Crippen molar-refractivity contribution >= 4 is 40.6 Å². The first-order valence-corrected chi connectivity index (χ1v) is 9.04. The van der Waals surface area contributed by atoms with Crippen LogP contribution in [0.1, 0.15) is 0 Å². The first-order chi connectivity index (χ1) is 14.4. The highest BCUT2D eigenvalue weighted by atomic mass is 35.5. The van der Waals surface area contributed by atoms with Crippen LogP contribution in [-0.2, 0) is 4.79 Å². The van der Waals surface area contributed by atoms with Crippen molar-refractivity contribution in [3.8, 4) is 17.4 Å². The molecule has 0 radical (unpaired) electrons. The zero-order valence-electron chi connectivity index (χ0n) is 15.0. The van der Waals surface area contributed by atoms with Gasteiger partial charge in [0.2, 0.25) is 5.82 Å². The molecule has 0 bridgehead atoms. The summed E-state index contributed by atoms with van der Waals surface area (Å²) in [4.78, 5) is 30.4. The Balaban J connectivity index is 1.66. The van der Waals surface area contributed by atoms with Crippen molar-refractivity contribution in [3.05, 3.63) is 75.0 Å². The van der Waals surface area contributed by atoms with Gasteiger partial charge in [-0.1, -0.05) is 41.4 Å². The fraction of sp³-hybridized carbons (Fsp3) is 0.0556. The number of nitrogens with one attached hydrogen (secondary N) is 2. The number of hydrogen-bond donors (Lipinski definition) is 2. The Bertz CT molecular complexity index is 1070. The highest BCUT2D eigenvalue weighted by Crippen LogP contribution is 2.33. The molecule has 0 atom stereocenters. The van der Waals surface area contributed by atoms with Crippen LogP contribution in [0.3, 0.4) is 0 Å². The predicted octanol–water partition coefficient (Wildman–Crippen LogP) is 4.01. The zero-order valence-corrected chi connectivity index (χ0v) is 16.6. The Hall–Kier alpha value is -3.63. The van der Waals surface area contributed by atoms with E-state index in [-0.39, 0.29) is 22.5 Å². The SMILES string of the molecule is O=C(COc1ccc(Cl)cc1Cl)NNc1ncnc(Oc2ccccc2)c1[N+](=O)[O-]. The maximum Gasteiger partial charge on any atom is 0.374 e. The summed E-state index contributed by atoms with van der Waals surface area (Å²) in [5, 5.41) is 12.1. The second-order valence-electron chi connectivity index (χ2n) is 5.58. The van der Waals surface area contributed by atoms with Crippen LogP contribution in [-0.4, -0.2) is 27.4 Å². The average molecular weight is 450 g/mol. The van der Waals surface area contributed by atoms with E-state index in [1.54, 1.807) is 36.4 Å². The molecule has 1 amide bonds. The Kier molecular flexibility index (Phi) is 6.83. The van der Waals surface area contributed by atoms with E-state index >= 15 is 0 Å². The van der Waals surface area contributed by atoms with Crippen LogP contribution in [0.4, 0.5) is 11.5 Å². The summed E-state index contributed by atoms with van der Waals surface area (Å²) in [5.74, 6) is -0.592. The monoisotopic (exact) mass is 449 g/mol. The van der Waals surface area contributed by atoms with Crippen molar-refractivity contribution in [2.24, 2.45) is 0 Å². The van der Waals surface area contributed by atoms with Crippen LogP contribution < -0.4 is 20.3 Å². The lowest BCUT2D eigenvalue weighted by Gasteiger charge is -2.11. The van der Waals surface area contributed by atoms with Crippen molar-refractivity contribution in [1.82, 2.24) is 15.4 Å². The second kappa shape index (κ2) is 9.72. The van der Waals surface area contributed by atoms with Crippen LogP contribution in [0.5, 0.6) is 17.4 Å². The quantitative estimate of drug-likeness (QED) is 0.389. The van der Waals surface area contributed by atoms with E-state index in [0.717, 1.165) is 6.33 Å². The molecule has 0 aliphatic heterocycles. The molecule has 154 valence electrons. The molecule has 2 N–H and O–H groups in total. The molecule has 30 heavy (non-hydrogen) atoms. The number of rotatable bonds is 8. The number of ether oxygens (including phenoxy) is 2. The average Bonchev–Trinajstić information content (AvgIpc) is 2.72. The number of amides is 1. The number of nitro groups is 1. The maximum absolute atomic E-state index is 12.0. The number of halogens is 2. The first-order valence-electron chi connectivity index (χ1n) is 8.29. The van der Waals surface area contributed by atoms with Crippen LogP contribution in [0.2, 0.25) is 10.0 Å². The van der Waals surface area contributed by atoms with E-state index in [1.807, 2.05) is 0 Å². The second-order valence-corrected chi connectivity index (χ2v) is 6.43. The molecule has 0 saturated carbocycles. The van der Waals surface area contributed by atoms with E-state index in [2.05, 4.69) is 20.8 Å². The van der Waals surface area contributed by atoms with Crippen molar-refractivity contribution in [2.75, 3.05) is 12.0 Å². The summed E-state index contributed by atoms with van der Waals surface area (Å²) >= 11 is 11.8. The molecule has 3 rings (SSSR count). The predicted molar refractivity (Wildman–Crippen MR) is 109 cm³/mol. The number of nitrogens with zero attached hydrogens (tertiary/aromatic N) is 3. The molecule has 12 heteroatoms. The number of anilines is 1. The lowest BCUT2D eigenvalue weighted by Crippen LogP contribution is -2.34. The van der Waals surface area contributed by atoms with Gasteiger partial charge in [-0.2, -0.15) is 4.98 Å². The van der Waals surface area contributed by atoms with Gasteiger partial charge in [0.15, 0.2) is 6.61 Å². The van der Waals surface area contributed by atoms with Crippen molar-refractivity contribution in [3.63, 3.8) is 0 Å². The summed E-state index contributed by atoms with van der Waals surface area (Å²) < 4.78 is 10.7. The first kappa shape index (κ1) is 21.1. The maximum atomic E-state index is 12.0. The minimum atomic E-state index is -0.725. The van der Waals surface area contributed by atoms with Gasteiger partial charge >= 0.3 is 11.6 Å². The molecule has 3 aromatic rings. The molecule has 1 heterocycles. The third-order valence-corrected chi connectivity index (χ3v) is 4.03. The summed E-state index contributed by atoms with van der Waals surface area (Å²) in [5.41, 5.74) is 4.07. The van der Waals surface area contributed by atoms with Crippen molar-refractivity contribution < 1.29 is 19.2 Å². The molecular formula is C18H13Cl2N5O5. The third kappa shape index (κ3) is 5.46. The molecular weight excluding hydrogens is 437 g/mol. The van der Waals surface area contributed by atoms with Crippen LogP contribution >= 0.6 is 23.2 Å². The van der Waals surface area contributed by atoms with Crippen LogP contribution in [0.15, 0.2) is 54.9 Å². The zero-order chi connectivity index (χ0) is 21.5. The number of para-hydroxylation sites is 1. The summed E-state index contributed by atoms with van der Waals surface area (Å²) in [6.07, 6.45) is 1.06. The van der Waals surface area contributed by atoms with E-state index in [9.17, 15) is 14.9 Å². The van der Waals surface area contributed by atoms with Crippen molar-refractivity contribution in [1.29, 1.82) is 0 Å².